The number of rotatable bonds is 3. The lowest BCUT2D eigenvalue weighted by Crippen LogP contribution is -2.02. The quantitative estimate of drug-likeness (QED) is 0.707. The first-order chi connectivity index (χ1) is 7.70. The fourth-order valence-corrected chi connectivity index (χ4v) is 2.14. The predicted octanol–water partition coefficient (Wildman–Crippen LogP) is 4.48. The summed E-state index contributed by atoms with van der Waals surface area (Å²) < 4.78 is 26.1. The molecule has 1 aromatic carbocycles. The van der Waals surface area contributed by atoms with Crippen molar-refractivity contribution in [2.45, 2.75) is 39.0 Å². The summed E-state index contributed by atoms with van der Waals surface area (Å²) in [5.41, 5.74) is 3.15. The summed E-state index contributed by atoms with van der Waals surface area (Å²) in [5.74, 6) is -1.48. The van der Waals surface area contributed by atoms with Crippen LogP contribution in [0.25, 0.3) is 6.08 Å². The van der Waals surface area contributed by atoms with E-state index in [1.165, 1.54) is 30.5 Å². The van der Waals surface area contributed by atoms with Crippen molar-refractivity contribution in [3.05, 3.63) is 40.5 Å². The molecule has 0 spiro atoms. The standard InChI is InChI=1S/C14H16F2/c1-2-3-4-10-5-6-11-8-13(15)14(16)9-12(11)7-10/h7-9H,2-6H2,1H3. The minimum absolute atomic E-state index is 0.732. The molecule has 0 aliphatic heterocycles. The molecule has 2 heteroatoms. The van der Waals surface area contributed by atoms with Gasteiger partial charge in [0, 0.05) is 0 Å². The molecule has 0 bridgehead atoms. The second-order valence-electron chi connectivity index (χ2n) is 4.37. The number of fused-ring (bicyclic) bond motifs is 1. The van der Waals surface area contributed by atoms with Crippen LogP contribution in [0.1, 0.15) is 43.7 Å². The summed E-state index contributed by atoms with van der Waals surface area (Å²) in [6.45, 7) is 2.16. The van der Waals surface area contributed by atoms with Crippen LogP contribution in [-0.4, -0.2) is 0 Å². The Balaban J connectivity index is 2.25. The van der Waals surface area contributed by atoms with Crippen molar-refractivity contribution in [1.82, 2.24) is 0 Å². The lowest BCUT2D eigenvalue weighted by atomic mass is 9.90. The molecule has 0 unspecified atom stereocenters. The van der Waals surface area contributed by atoms with Gasteiger partial charge in [-0.2, -0.15) is 0 Å². The Morgan fingerprint density at radius 1 is 1.12 bits per heavy atom. The summed E-state index contributed by atoms with van der Waals surface area (Å²) in [4.78, 5) is 0. The zero-order valence-corrected chi connectivity index (χ0v) is 9.52. The monoisotopic (exact) mass is 222 g/mol. The maximum Gasteiger partial charge on any atom is 0.159 e. The molecule has 1 aliphatic rings. The van der Waals surface area contributed by atoms with Crippen LogP contribution in [0.2, 0.25) is 0 Å². The van der Waals surface area contributed by atoms with E-state index in [4.69, 9.17) is 0 Å². The smallest absolute Gasteiger partial charge is 0.159 e. The molecule has 0 amide bonds. The lowest BCUT2D eigenvalue weighted by Gasteiger charge is -2.16. The molecule has 0 radical (unpaired) electrons. The molecule has 0 nitrogen and oxygen atoms in total. The number of aryl methyl sites for hydroxylation is 1. The van der Waals surface area contributed by atoms with E-state index in [2.05, 4.69) is 6.92 Å². The summed E-state index contributed by atoms with van der Waals surface area (Å²) >= 11 is 0. The van der Waals surface area contributed by atoms with Gasteiger partial charge < -0.3 is 0 Å². The number of unbranched alkanes of at least 4 members (excludes halogenated alkanes) is 1. The Kier molecular flexibility index (Phi) is 3.37. The van der Waals surface area contributed by atoms with Gasteiger partial charge in [0.05, 0.1) is 0 Å². The highest BCUT2D eigenvalue weighted by molar-refractivity contribution is 5.59. The van der Waals surface area contributed by atoms with Gasteiger partial charge in [0.2, 0.25) is 0 Å². The topological polar surface area (TPSA) is 0 Å². The molecule has 0 N–H and O–H groups in total. The summed E-state index contributed by atoms with van der Waals surface area (Å²) in [6.07, 6.45) is 7.26. The Bertz CT molecular complexity index is 419. The van der Waals surface area contributed by atoms with Gasteiger partial charge in [-0.25, -0.2) is 8.78 Å². The Labute approximate surface area is 95.0 Å². The van der Waals surface area contributed by atoms with Gasteiger partial charge in [-0.3, -0.25) is 0 Å². The second-order valence-corrected chi connectivity index (χ2v) is 4.37. The molecule has 86 valence electrons. The van der Waals surface area contributed by atoms with Gasteiger partial charge in [-0.1, -0.05) is 25.0 Å². The zero-order valence-electron chi connectivity index (χ0n) is 9.52. The van der Waals surface area contributed by atoms with Crippen molar-refractivity contribution in [2.75, 3.05) is 0 Å². The largest absolute Gasteiger partial charge is 0.204 e. The van der Waals surface area contributed by atoms with Crippen molar-refractivity contribution < 1.29 is 8.78 Å². The summed E-state index contributed by atoms with van der Waals surface area (Å²) in [5, 5.41) is 0. The van der Waals surface area contributed by atoms with E-state index in [0.717, 1.165) is 30.4 Å². The van der Waals surface area contributed by atoms with Crippen LogP contribution < -0.4 is 0 Å². The molecule has 0 heterocycles. The molecule has 0 saturated heterocycles. The lowest BCUT2D eigenvalue weighted by molar-refractivity contribution is 0.506. The molecule has 0 aromatic heterocycles. The maximum atomic E-state index is 13.1. The first-order valence-corrected chi connectivity index (χ1v) is 5.88. The van der Waals surface area contributed by atoms with Gasteiger partial charge in [-0.15, -0.1) is 0 Å². The Hall–Kier alpha value is -1.18. The van der Waals surface area contributed by atoms with Gasteiger partial charge >= 0.3 is 0 Å². The highest BCUT2D eigenvalue weighted by Gasteiger charge is 2.13. The van der Waals surface area contributed by atoms with Crippen LogP contribution in [0.4, 0.5) is 8.78 Å². The summed E-state index contributed by atoms with van der Waals surface area (Å²) in [7, 11) is 0. The van der Waals surface area contributed by atoms with E-state index in [-0.39, 0.29) is 0 Å². The molecule has 2 rings (SSSR count). The van der Waals surface area contributed by atoms with Crippen LogP contribution in [0, 0.1) is 11.6 Å². The molecular weight excluding hydrogens is 206 g/mol. The summed E-state index contributed by atoms with van der Waals surface area (Å²) in [6, 6.07) is 2.65. The first-order valence-electron chi connectivity index (χ1n) is 5.88. The fraction of sp³-hybridized carbons (Fsp3) is 0.429. The highest BCUT2D eigenvalue weighted by Crippen LogP contribution is 2.28. The first kappa shape index (κ1) is 11.3. The highest BCUT2D eigenvalue weighted by atomic mass is 19.2. The molecule has 0 atom stereocenters. The molecule has 1 aliphatic carbocycles. The Morgan fingerprint density at radius 2 is 1.88 bits per heavy atom. The number of halogens is 2. The van der Waals surface area contributed by atoms with Crippen LogP contribution in [0.3, 0.4) is 0 Å². The van der Waals surface area contributed by atoms with Crippen molar-refractivity contribution in [3.8, 4) is 0 Å². The zero-order chi connectivity index (χ0) is 11.5. The third-order valence-electron chi connectivity index (χ3n) is 3.11. The van der Waals surface area contributed by atoms with Gasteiger partial charge in [0.15, 0.2) is 11.6 Å². The second kappa shape index (κ2) is 4.77. The van der Waals surface area contributed by atoms with Crippen LogP contribution in [-0.2, 0) is 6.42 Å². The van der Waals surface area contributed by atoms with E-state index >= 15 is 0 Å². The molecule has 1 aromatic rings. The van der Waals surface area contributed by atoms with E-state index in [0.29, 0.717) is 0 Å². The predicted molar refractivity (Wildman–Crippen MR) is 62.2 cm³/mol. The average molecular weight is 222 g/mol. The van der Waals surface area contributed by atoms with Crippen LogP contribution >= 0.6 is 0 Å². The number of hydrogen-bond donors (Lipinski definition) is 0. The third-order valence-corrected chi connectivity index (χ3v) is 3.11. The van der Waals surface area contributed by atoms with Crippen molar-refractivity contribution in [3.63, 3.8) is 0 Å². The van der Waals surface area contributed by atoms with Crippen LogP contribution in [0.5, 0.6) is 0 Å². The minimum Gasteiger partial charge on any atom is -0.204 e. The molecule has 0 fully saturated rings. The molecule has 0 saturated carbocycles. The van der Waals surface area contributed by atoms with E-state index < -0.39 is 11.6 Å². The number of benzene rings is 1. The normalized spacial score (nSPS) is 14.6. The Morgan fingerprint density at radius 3 is 2.62 bits per heavy atom. The van der Waals surface area contributed by atoms with Gasteiger partial charge in [-0.05, 0) is 48.9 Å². The molecule has 16 heavy (non-hydrogen) atoms. The van der Waals surface area contributed by atoms with E-state index in [1.54, 1.807) is 0 Å². The van der Waals surface area contributed by atoms with E-state index in [1.807, 2.05) is 6.08 Å². The van der Waals surface area contributed by atoms with Crippen molar-refractivity contribution in [1.29, 1.82) is 0 Å². The average Bonchev–Trinajstić information content (AvgIpc) is 2.28. The third kappa shape index (κ3) is 2.31. The minimum atomic E-state index is -0.744. The number of hydrogen-bond acceptors (Lipinski definition) is 0. The van der Waals surface area contributed by atoms with E-state index in [9.17, 15) is 8.78 Å². The number of allylic oxidation sites excluding steroid dienone is 1. The SMILES string of the molecule is CCCCC1=Cc2cc(F)c(F)cc2CC1. The fourth-order valence-electron chi connectivity index (χ4n) is 2.14. The maximum absolute atomic E-state index is 13.1. The van der Waals surface area contributed by atoms with Gasteiger partial charge in [0.1, 0.15) is 0 Å². The molecular formula is C14H16F2. The van der Waals surface area contributed by atoms with Crippen LogP contribution in [0.15, 0.2) is 17.7 Å². The van der Waals surface area contributed by atoms with Crippen molar-refractivity contribution >= 4 is 6.08 Å². The van der Waals surface area contributed by atoms with Gasteiger partial charge in [0.25, 0.3) is 0 Å². The van der Waals surface area contributed by atoms with Crippen molar-refractivity contribution in [2.24, 2.45) is 0 Å².